The maximum Gasteiger partial charge on any atom is 0.267 e. The minimum atomic E-state index is -0.199. The van der Waals surface area contributed by atoms with Gasteiger partial charge in [0.25, 0.3) is 5.91 Å². The van der Waals surface area contributed by atoms with Crippen LogP contribution >= 0.6 is 23.2 Å². The number of halogens is 2. The molecule has 1 aliphatic carbocycles. The van der Waals surface area contributed by atoms with E-state index >= 15 is 0 Å². The lowest BCUT2D eigenvalue weighted by Gasteiger charge is -2.25. The summed E-state index contributed by atoms with van der Waals surface area (Å²) in [6, 6.07) is 1.52. The number of aliphatic hydroxyl groups excluding tert-OH is 1. The molecular formula is C12H16Cl2N2O2. The monoisotopic (exact) mass is 290 g/mol. The Bertz CT molecular complexity index is 406. The molecule has 18 heavy (non-hydrogen) atoms. The van der Waals surface area contributed by atoms with Gasteiger partial charge in [0, 0.05) is 6.54 Å². The molecule has 0 aromatic carbocycles. The molecule has 2 rings (SSSR count). The van der Waals surface area contributed by atoms with Crippen molar-refractivity contribution in [3.8, 4) is 0 Å². The van der Waals surface area contributed by atoms with Crippen LogP contribution in [0.3, 0.4) is 0 Å². The summed E-state index contributed by atoms with van der Waals surface area (Å²) in [5.74, 6) is 0.244. The van der Waals surface area contributed by atoms with Crippen molar-refractivity contribution in [1.29, 1.82) is 0 Å². The van der Waals surface area contributed by atoms with Gasteiger partial charge in [-0.3, -0.25) is 4.79 Å². The summed E-state index contributed by atoms with van der Waals surface area (Å²) < 4.78 is 0. The highest BCUT2D eigenvalue weighted by Gasteiger charge is 2.20. The lowest BCUT2D eigenvalue weighted by atomic mass is 9.87. The molecule has 1 saturated carbocycles. The zero-order chi connectivity index (χ0) is 13.1. The van der Waals surface area contributed by atoms with Crippen molar-refractivity contribution in [3.63, 3.8) is 0 Å². The van der Waals surface area contributed by atoms with Crippen LogP contribution in [-0.2, 0) is 0 Å². The van der Waals surface area contributed by atoms with E-state index < -0.39 is 0 Å². The van der Waals surface area contributed by atoms with Crippen LogP contribution in [0.2, 0.25) is 10.2 Å². The van der Waals surface area contributed by atoms with Crippen molar-refractivity contribution in [3.05, 3.63) is 21.9 Å². The highest BCUT2D eigenvalue weighted by atomic mass is 35.5. The molecule has 100 valence electrons. The molecule has 1 aromatic heterocycles. The number of amides is 1. The minimum Gasteiger partial charge on any atom is -0.393 e. The van der Waals surface area contributed by atoms with E-state index in [4.69, 9.17) is 23.2 Å². The second-order valence-electron chi connectivity index (χ2n) is 4.73. The molecule has 1 heterocycles. The molecule has 4 nitrogen and oxygen atoms in total. The first-order valence-corrected chi connectivity index (χ1v) is 6.82. The Hall–Kier alpha value is -0.710. The second kappa shape index (κ2) is 5.95. The van der Waals surface area contributed by atoms with E-state index in [1.165, 1.54) is 6.07 Å². The largest absolute Gasteiger partial charge is 0.393 e. The summed E-state index contributed by atoms with van der Waals surface area (Å²) in [6.45, 7) is 0.625. The van der Waals surface area contributed by atoms with Crippen molar-refractivity contribution < 1.29 is 9.90 Å². The fraction of sp³-hybridized carbons (Fsp3) is 0.583. The Kier molecular flexibility index (Phi) is 4.54. The standard InChI is InChI=1S/C12H16Cl2N2O2/c13-9-5-10(16-11(9)14)12(18)15-6-7-1-3-8(17)4-2-7/h5,7-8,16-17H,1-4,6H2,(H,15,18). The van der Waals surface area contributed by atoms with Gasteiger partial charge in [-0.25, -0.2) is 0 Å². The molecule has 0 saturated heterocycles. The van der Waals surface area contributed by atoms with Gasteiger partial charge in [0.15, 0.2) is 0 Å². The van der Waals surface area contributed by atoms with Crippen LogP contribution in [0.15, 0.2) is 6.07 Å². The van der Waals surface area contributed by atoms with Crippen LogP contribution in [0.5, 0.6) is 0 Å². The predicted molar refractivity (Wildman–Crippen MR) is 71.1 cm³/mol. The summed E-state index contributed by atoms with van der Waals surface area (Å²) in [4.78, 5) is 14.5. The number of rotatable bonds is 3. The second-order valence-corrected chi connectivity index (χ2v) is 5.51. The van der Waals surface area contributed by atoms with Crippen LogP contribution in [0.4, 0.5) is 0 Å². The van der Waals surface area contributed by atoms with Gasteiger partial charge in [0.1, 0.15) is 10.8 Å². The number of aromatic nitrogens is 1. The Morgan fingerprint density at radius 3 is 2.61 bits per heavy atom. The summed E-state index contributed by atoms with van der Waals surface area (Å²) in [5, 5.41) is 12.9. The van der Waals surface area contributed by atoms with Gasteiger partial charge in [-0.05, 0) is 37.7 Å². The van der Waals surface area contributed by atoms with Crippen LogP contribution in [0, 0.1) is 5.92 Å². The van der Waals surface area contributed by atoms with E-state index in [1.54, 1.807) is 0 Å². The van der Waals surface area contributed by atoms with Crippen LogP contribution < -0.4 is 5.32 Å². The number of carbonyl (C=O) groups excluding carboxylic acids is 1. The molecule has 0 unspecified atom stereocenters. The number of nitrogens with one attached hydrogen (secondary N) is 2. The maximum absolute atomic E-state index is 11.8. The first-order valence-electron chi connectivity index (χ1n) is 6.06. The van der Waals surface area contributed by atoms with Crippen LogP contribution in [0.1, 0.15) is 36.2 Å². The summed E-state index contributed by atoms with van der Waals surface area (Å²) >= 11 is 11.5. The van der Waals surface area contributed by atoms with Crippen LogP contribution in [0.25, 0.3) is 0 Å². The predicted octanol–water partition coefficient (Wildman–Crippen LogP) is 2.60. The molecule has 0 radical (unpaired) electrons. The zero-order valence-corrected chi connectivity index (χ0v) is 11.4. The normalized spacial score (nSPS) is 23.9. The third-order valence-electron chi connectivity index (χ3n) is 3.34. The van der Waals surface area contributed by atoms with Crippen molar-refractivity contribution in [2.24, 2.45) is 5.92 Å². The number of aromatic amines is 1. The molecule has 1 fully saturated rings. The molecule has 0 spiro atoms. The maximum atomic E-state index is 11.8. The van der Waals surface area contributed by atoms with Crippen molar-refractivity contribution in [2.75, 3.05) is 6.54 Å². The topological polar surface area (TPSA) is 65.1 Å². The van der Waals surface area contributed by atoms with Gasteiger partial charge < -0.3 is 15.4 Å². The number of hydrogen-bond donors (Lipinski definition) is 3. The highest BCUT2D eigenvalue weighted by Crippen LogP contribution is 2.24. The van der Waals surface area contributed by atoms with E-state index in [9.17, 15) is 9.90 Å². The summed E-state index contributed by atoms with van der Waals surface area (Å²) in [7, 11) is 0. The highest BCUT2D eigenvalue weighted by molar-refractivity contribution is 6.41. The minimum absolute atomic E-state index is 0.169. The zero-order valence-electron chi connectivity index (χ0n) is 9.88. The lowest BCUT2D eigenvalue weighted by molar-refractivity contribution is 0.0906. The molecule has 0 bridgehead atoms. The summed E-state index contributed by atoms with van der Waals surface area (Å²) in [5.41, 5.74) is 0.376. The van der Waals surface area contributed by atoms with Gasteiger partial charge in [0.05, 0.1) is 11.1 Å². The van der Waals surface area contributed by atoms with E-state index in [0.29, 0.717) is 23.2 Å². The average molecular weight is 291 g/mol. The first-order chi connectivity index (χ1) is 8.56. The molecular weight excluding hydrogens is 275 g/mol. The van der Waals surface area contributed by atoms with Gasteiger partial charge >= 0.3 is 0 Å². The van der Waals surface area contributed by atoms with Gasteiger partial charge in [-0.15, -0.1) is 0 Å². The third kappa shape index (κ3) is 3.40. The molecule has 0 aliphatic heterocycles. The molecule has 6 heteroatoms. The average Bonchev–Trinajstić information content (AvgIpc) is 2.69. The van der Waals surface area contributed by atoms with Crippen molar-refractivity contribution in [1.82, 2.24) is 10.3 Å². The van der Waals surface area contributed by atoms with E-state index in [2.05, 4.69) is 10.3 Å². The number of hydrogen-bond acceptors (Lipinski definition) is 2. The van der Waals surface area contributed by atoms with Gasteiger partial charge in [-0.1, -0.05) is 23.2 Å². The number of aliphatic hydroxyl groups is 1. The van der Waals surface area contributed by atoms with E-state index in [0.717, 1.165) is 25.7 Å². The number of carbonyl (C=O) groups is 1. The van der Waals surface area contributed by atoms with E-state index in [-0.39, 0.29) is 17.2 Å². The number of H-pyrrole nitrogens is 1. The third-order valence-corrected chi connectivity index (χ3v) is 4.03. The molecule has 1 amide bonds. The molecule has 1 aromatic rings. The fourth-order valence-corrected chi connectivity index (χ4v) is 2.52. The van der Waals surface area contributed by atoms with E-state index in [1.807, 2.05) is 0 Å². The Morgan fingerprint density at radius 2 is 2.06 bits per heavy atom. The lowest BCUT2D eigenvalue weighted by Crippen LogP contribution is -2.32. The Morgan fingerprint density at radius 1 is 1.39 bits per heavy atom. The molecule has 1 aliphatic rings. The van der Waals surface area contributed by atoms with Crippen LogP contribution in [-0.4, -0.2) is 28.6 Å². The summed E-state index contributed by atoms with van der Waals surface area (Å²) in [6.07, 6.45) is 3.38. The fourth-order valence-electron chi connectivity index (χ4n) is 2.21. The van der Waals surface area contributed by atoms with Gasteiger partial charge in [0.2, 0.25) is 0 Å². The van der Waals surface area contributed by atoms with Gasteiger partial charge in [-0.2, -0.15) is 0 Å². The smallest absolute Gasteiger partial charge is 0.267 e. The van der Waals surface area contributed by atoms with Crippen molar-refractivity contribution in [2.45, 2.75) is 31.8 Å². The Balaban J connectivity index is 1.81. The SMILES string of the molecule is O=C(NCC1CCC(O)CC1)c1cc(Cl)c(Cl)[nH]1. The van der Waals surface area contributed by atoms with Crippen molar-refractivity contribution >= 4 is 29.1 Å². The quantitative estimate of drug-likeness (QED) is 0.801. The first kappa shape index (κ1) is 13.7. The molecule has 3 N–H and O–H groups in total. The Labute approximate surface area is 116 Å². The molecule has 0 atom stereocenters.